The second-order valence-electron chi connectivity index (χ2n) is 6.96. The summed E-state index contributed by atoms with van der Waals surface area (Å²) >= 11 is 0. The molecule has 30 heavy (non-hydrogen) atoms. The minimum Gasteiger partial charge on any atom is -0.495 e. The number of methoxy groups -OCH3 is 1. The van der Waals surface area contributed by atoms with Gasteiger partial charge in [0.2, 0.25) is 15.9 Å². The molecule has 0 bridgehead atoms. The van der Waals surface area contributed by atoms with E-state index in [0.29, 0.717) is 22.7 Å². The molecule has 2 aromatic carbocycles. The van der Waals surface area contributed by atoms with Crippen LogP contribution >= 0.6 is 0 Å². The molecule has 0 spiro atoms. The molecule has 2 N–H and O–H groups in total. The van der Waals surface area contributed by atoms with Crippen LogP contribution in [-0.4, -0.2) is 51.8 Å². The number of anilines is 2. The Morgan fingerprint density at radius 2 is 2.00 bits per heavy atom. The van der Waals surface area contributed by atoms with Gasteiger partial charge in [0.25, 0.3) is 5.91 Å². The van der Waals surface area contributed by atoms with Gasteiger partial charge in [0, 0.05) is 13.1 Å². The number of aryl methyl sites for hydroxylation is 2. The van der Waals surface area contributed by atoms with Crippen LogP contribution in [0.2, 0.25) is 0 Å². The molecule has 1 aliphatic heterocycles. The van der Waals surface area contributed by atoms with Crippen LogP contribution in [0, 0.1) is 13.8 Å². The maximum atomic E-state index is 13.0. The highest BCUT2D eigenvalue weighted by Gasteiger charge is 2.28. The van der Waals surface area contributed by atoms with Crippen molar-refractivity contribution < 1.29 is 27.5 Å². The largest absolute Gasteiger partial charge is 0.495 e. The summed E-state index contributed by atoms with van der Waals surface area (Å²) in [6.45, 7) is 2.90. The highest BCUT2D eigenvalue weighted by molar-refractivity contribution is 7.89. The Hall–Kier alpha value is -3.11. The average molecular weight is 433 g/mol. The molecule has 0 saturated carbocycles. The minimum absolute atomic E-state index is 0.000773. The molecule has 3 rings (SSSR count). The molecule has 1 aliphatic rings. The molecular formula is C20H23N3O6S. The van der Waals surface area contributed by atoms with E-state index in [-0.39, 0.29) is 23.2 Å². The zero-order valence-electron chi connectivity index (χ0n) is 17.1. The van der Waals surface area contributed by atoms with E-state index in [9.17, 15) is 18.0 Å². The number of ether oxygens (including phenoxy) is 2. The van der Waals surface area contributed by atoms with Gasteiger partial charge in [-0.15, -0.1) is 0 Å². The zero-order chi connectivity index (χ0) is 22.1. The lowest BCUT2D eigenvalue weighted by atomic mass is 10.2. The molecule has 2 amide bonds. The first-order valence-electron chi connectivity index (χ1n) is 9.10. The number of sulfonamides is 1. The number of carbonyl (C=O) groups excluding carboxylic acids is 2. The molecule has 10 heteroatoms. The SMILES string of the molecule is COc1ccc(C)cc1NC(=O)CN(C)S(=O)(=O)c1cc2c(cc1C)NC(=O)CO2. The van der Waals surface area contributed by atoms with E-state index in [1.54, 1.807) is 19.1 Å². The second kappa shape index (κ2) is 8.33. The van der Waals surface area contributed by atoms with Crippen molar-refractivity contribution in [3.63, 3.8) is 0 Å². The number of nitrogens with one attached hydrogen (secondary N) is 2. The summed E-state index contributed by atoms with van der Waals surface area (Å²) in [6, 6.07) is 8.20. The molecule has 0 aliphatic carbocycles. The predicted molar refractivity (Wildman–Crippen MR) is 111 cm³/mol. The van der Waals surface area contributed by atoms with E-state index < -0.39 is 22.5 Å². The Kier molecular flexibility index (Phi) is 5.99. The second-order valence-corrected chi connectivity index (χ2v) is 8.98. The van der Waals surface area contributed by atoms with Gasteiger partial charge in [-0.05, 0) is 43.2 Å². The van der Waals surface area contributed by atoms with E-state index in [2.05, 4.69) is 10.6 Å². The van der Waals surface area contributed by atoms with Gasteiger partial charge in [-0.1, -0.05) is 6.07 Å². The van der Waals surface area contributed by atoms with Gasteiger partial charge in [0.1, 0.15) is 11.5 Å². The van der Waals surface area contributed by atoms with E-state index in [0.717, 1.165) is 9.87 Å². The predicted octanol–water partition coefficient (Wildman–Crippen LogP) is 1.90. The summed E-state index contributed by atoms with van der Waals surface area (Å²) in [6.07, 6.45) is 0. The molecule has 9 nitrogen and oxygen atoms in total. The number of nitrogens with zero attached hydrogens (tertiary/aromatic N) is 1. The fourth-order valence-electron chi connectivity index (χ4n) is 3.06. The maximum Gasteiger partial charge on any atom is 0.262 e. The van der Waals surface area contributed by atoms with Crippen molar-refractivity contribution in [3.8, 4) is 11.5 Å². The molecule has 160 valence electrons. The Labute approximate surface area is 175 Å². The monoisotopic (exact) mass is 433 g/mol. The molecular weight excluding hydrogens is 410 g/mol. The quantitative estimate of drug-likeness (QED) is 0.719. The van der Waals surface area contributed by atoms with Gasteiger partial charge in [-0.3, -0.25) is 9.59 Å². The molecule has 0 saturated heterocycles. The number of fused-ring (bicyclic) bond motifs is 1. The summed E-state index contributed by atoms with van der Waals surface area (Å²) in [4.78, 5) is 23.9. The van der Waals surface area contributed by atoms with Crippen LogP contribution in [-0.2, 0) is 19.6 Å². The number of amides is 2. The lowest BCUT2D eigenvalue weighted by molar-refractivity contribution is -0.118. The van der Waals surface area contributed by atoms with Crippen LogP contribution < -0.4 is 20.1 Å². The van der Waals surface area contributed by atoms with Crippen LogP contribution in [0.15, 0.2) is 35.2 Å². The third kappa shape index (κ3) is 4.39. The van der Waals surface area contributed by atoms with Crippen molar-refractivity contribution in [1.82, 2.24) is 4.31 Å². The van der Waals surface area contributed by atoms with Crippen molar-refractivity contribution in [1.29, 1.82) is 0 Å². The van der Waals surface area contributed by atoms with Gasteiger partial charge in [0.05, 0.1) is 29.9 Å². The van der Waals surface area contributed by atoms with Gasteiger partial charge in [-0.2, -0.15) is 4.31 Å². The highest BCUT2D eigenvalue weighted by atomic mass is 32.2. The van der Waals surface area contributed by atoms with Gasteiger partial charge >= 0.3 is 0 Å². The Morgan fingerprint density at radius 1 is 1.27 bits per heavy atom. The third-order valence-electron chi connectivity index (χ3n) is 4.59. The summed E-state index contributed by atoms with van der Waals surface area (Å²) in [5, 5.41) is 5.32. The van der Waals surface area contributed by atoms with Crippen molar-refractivity contribution in [2.24, 2.45) is 0 Å². The number of hydrogen-bond acceptors (Lipinski definition) is 6. The van der Waals surface area contributed by atoms with E-state index >= 15 is 0 Å². The third-order valence-corrected chi connectivity index (χ3v) is 6.54. The van der Waals surface area contributed by atoms with Gasteiger partial charge in [-0.25, -0.2) is 8.42 Å². The Bertz CT molecular complexity index is 1110. The van der Waals surface area contributed by atoms with E-state index in [1.807, 2.05) is 13.0 Å². The van der Waals surface area contributed by atoms with Crippen LogP contribution in [0.4, 0.5) is 11.4 Å². The van der Waals surface area contributed by atoms with Crippen molar-refractivity contribution >= 4 is 33.2 Å². The minimum atomic E-state index is -3.98. The fourth-order valence-corrected chi connectivity index (χ4v) is 4.40. The van der Waals surface area contributed by atoms with Crippen LogP contribution in [0.25, 0.3) is 0 Å². The number of likely N-dealkylation sites (N-methyl/N-ethyl adjacent to an activating group) is 1. The summed E-state index contributed by atoms with van der Waals surface area (Å²) in [5.74, 6) is -0.0766. The molecule has 1 heterocycles. The van der Waals surface area contributed by atoms with Gasteiger partial charge in [0.15, 0.2) is 6.61 Å². The number of rotatable bonds is 6. The molecule has 0 aromatic heterocycles. The van der Waals surface area contributed by atoms with Crippen LogP contribution in [0.1, 0.15) is 11.1 Å². The maximum absolute atomic E-state index is 13.0. The zero-order valence-corrected chi connectivity index (χ0v) is 17.9. The molecule has 0 fully saturated rings. The van der Waals surface area contributed by atoms with Crippen molar-refractivity contribution in [2.45, 2.75) is 18.7 Å². The van der Waals surface area contributed by atoms with Crippen molar-refractivity contribution in [2.75, 3.05) is 37.9 Å². The molecule has 0 atom stereocenters. The number of benzene rings is 2. The first kappa shape index (κ1) is 21.6. The first-order valence-corrected chi connectivity index (χ1v) is 10.5. The molecule has 0 radical (unpaired) electrons. The Morgan fingerprint density at radius 3 is 2.70 bits per heavy atom. The number of carbonyl (C=O) groups is 2. The van der Waals surface area contributed by atoms with E-state index in [4.69, 9.17) is 9.47 Å². The van der Waals surface area contributed by atoms with Crippen molar-refractivity contribution in [3.05, 3.63) is 41.5 Å². The number of hydrogen-bond donors (Lipinski definition) is 2. The topological polar surface area (TPSA) is 114 Å². The van der Waals surface area contributed by atoms with E-state index in [1.165, 1.54) is 26.3 Å². The van der Waals surface area contributed by atoms with Crippen LogP contribution in [0.3, 0.4) is 0 Å². The fraction of sp³-hybridized carbons (Fsp3) is 0.300. The first-order chi connectivity index (χ1) is 14.1. The molecule has 0 unspecified atom stereocenters. The Balaban J connectivity index is 1.79. The lowest BCUT2D eigenvalue weighted by Gasteiger charge is -2.22. The molecule has 2 aromatic rings. The average Bonchev–Trinajstić information content (AvgIpc) is 2.67. The highest BCUT2D eigenvalue weighted by Crippen LogP contribution is 2.34. The lowest BCUT2D eigenvalue weighted by Crippen LogP contribution is -2.35. The smallest absolute Gasteiger partial charge is 0.262 e. The summed E-state index contributed by atoms with van der Waals surface area (Å²) in [5.41, 5.74) is 2.22. The van der Waals surface area contributed by atoms with Gasteiger partial charge < -0.3 is 20.1 Å². The standard InChI is InChI=1S/C20H23N3O6S/c1-12-5-6-16(28-4)14(7-12)21-19(24)10-23(3)30(26,27)18-9-17-15(8-13(18)2)22-20(25)11-29-17/h5-9H,10-11H2,1-4H3,(H,21,24)(H,22,25). The normalized spacial score (nSPS) is 13.3. The summed E-state index contributed by atoms with van der Waals surface area (Å²) < 4.78 is 37.6. The van der Waals surface area contributed by atoms with Crippen LogP contribution in [0.5, 0.6) is 11.5 Å². The summed E-state index contributed by atoms with van der Waals surface area (Å²) in [7, 11) is -1.17.